The van der Waals surface area contributed by atoms with Crippen molar-refractivity contribution in [2.45, 2.75) is 12.8 Å². The first-order valence-corrected chi connectivity index (χ1v) is 5.35. The van der Waals surface area contributed by atoms with Crippen LogP contribution in [0.1, 0.15) is 12.8 Å². The maximum Gasteiger partial charge on any atom is 0.303 e. The molecule has 0 unspecified atom stereocenters. The maximum atomic E-state index is 10.3. The molecule has 0 spiro atoms. The summed E-state index contributed by atoms with van der Waals surface area (Å²) in [7, 11) is 3.17. The molecule has 0 aromatic heterocycles. The SMILES string of the molecule is COc1ccc(NCCCC(=O)O)c(OC)c1. The van der Waals surface area contributed by atoms with Gasteiger partial charge in [0.25, 0.3) is 0 Å². The third-order valence-electron chi connectivity index (χ3n) is 2.29. The van der Waals surface area contributed by atoms with E-state index in [1.54, 1.807) is 20.3 Å². The molecule has 0 aliphatic heterocycles. The number of aliphatic carboxylic acids is 1. The number of nitrogens with one attached hydrogen (secondary N) is 1. The number of carboxylic acids is 1. The molecule has 0 fully saturated rings. The van der Waals surface area contributed by atoms with Gasteiger partial charge < -0.3 is 19.9 Å². The lowest BCUT2D eigenvalue weighted by molar-refractivity contribution is -0.137. The Morgan fingerprint density at radius 1 is 1.35 bits per heavy atom. The average Bonchev–Trinajstić information content (AvgIpc) is 2.34. The second-order valence-corrected chi connectivity index (χ2v) is 3.49. The van der Waals surface area contributed by atoms with Gasteiger partial charge in [-0.05, 0) is 18.6 Å². The molecule has 5 nitrogen and oxygen atoms in total. The lowest BCUT2D eigenvalue weighted by atomic mass is 10.2. The van der Waals surface area contributed by atoms with Gasteiger partial charge in [-0.3, -0.25) is 4.79 Å². The molecule has 94 valence electrons. The highest BCUT2D eigenvalue weighted by atomic mass is 16.5. The number of benzene rings is 1. The fourth-order valence-electron chi connectivity index (χ4n) is 1.41. The fraction of sp³-hybridized carbons (Fsp3) is 0.417. The molecule has 5 heteroatoms. The van der Waals surface area contributed by atoms with Crippen LogP contribution in [-0.2, 0) is 4.79 Å². The van der Waals surface area contributed by atoms with E-state index in [9.17, 15) is 4.79 Å². The maximum absolute atomic E-state index is 10.3. The van der Waals surface area contributed by atoms with Gasteiger partial charge in [-0.25, -0.2) is 0 Å². The molecular formula is C12H17NO4. The molecule has 1 aromatic rings. The third-order valence-corrected chi connectivity index (χ3v) is 2.29. The van der Waals surface area contributed by atoms with Gasteiger partial charge in [0, 0.05) is 19.0 Å². The second kappa shape index (κ2) is 6.62. The van der Waals surface area contributed by atoms with E-state index in [1.807, 2.05) is 12.1 Å². The lowest BCUT2D eigenvalue weighted by Crippen LogP contribution is -2.06. The molecule has 1 aromatic carbocycles. The van der Waals surface area contributed by atoms with E-state index in [0.717, 1.165) is 11.4 Å². The minimum Gasteiger partial charge on any atom is -0.497 e. The fourth-order valence-corrected chi connectivity index (χ4v) is 1.41. The summed E-state index contributed by atoms with van der Waals surface area (Å²) in [6.07, 6.45) is 0.732. The van der Waals surface area contributed by atoms with Crippen molar-refractivity contribution in [2.24, 2.45) is 0 Å². The van der Waals surface area contributed by atoms with Crippen LogP contribution in [-0.4, -0.2) is 31.8 Å². The molecule has 0 amide bonds. The van der Waals surface area contributed by atoms with E-state index in [0.29, 0.717) is 18.7 Å². The van der Waals surface area contributed by atoms with Crippen molar-refractivity contribution in [3.8, 4) is 11.5 Å². The van der Waals surface area contributed by atoms with Crippen molar-refractivity contribution in [2.75, 3.05) is 26.1 Å². The molecule has 17 heavy (non-hydrogen) atoms. The zero-order chi connectivity index (χ0) is 12.7. The van der Waals surface area contributed by atoms with E-state index >= 15 is 0 Å². The Morgan fingerprint density at radius 2 is 2.12 bits per heavy atom. The first-order valence-electron chi connectivity index (χ1n) is 5.35. The standard InChI is InChI=1S/C12H17NO4/c1-16-9-5-6-10(11(8-9)17-2)13-7-3-4-12(14)15/h5-6,8,13H,3-4,7H2,1-2H3,(H,14,15). The van der Waals surface area contributed by atoms with Crippen LogP contribution in [0.2, 0.25) is 0 Å². The number of hydrogen-bond donors (Lipinski definition) is 2. The molecule has 0 saturated carbocycles. The van der Waals surface area contributed by atoms with Gasteiger partial charge in [0.1, 0.15) is 11.5 Å². The van der Waals surface area contributed by atoms with Crippen molar-refractivity contribution < 1.29 is 19.4 Å². The summed E-state index contributed by atoms with van der Waals surface area (Å²) in [6.45, 7) is 0.592. The van der Waals surface area contributed by atoms with Crippen molar-refractivity contribution in [3.05, 3.63) is 18.2 Å². The first-order chi connectivity index (χ1) is 8.17. The highest BCUT2D eigenvalue weighted by Crippen LogP contribution is 2.28. The van der Waals surface area contributed by atoms with E-state index in [2.05, 4.69) is 5.32 Å². The summed E-state index contributed by atoms with van der Waals surface area (Å²) in [5.74, 6) is 0.617. The minimum atomic E-state index is -0.784. The zero-order valence-electron chi connectivity index (χ0n) is 10.0. The van der Waals surface area contributed by atoms with E-state index in [-0.39, 0.29) is 6.42 Å². The summed E-state index contributed by atoms with van der Waals surface area (Å²) < 4.78 is 10.3. The predicted molar refractivity (Wildman–Crippen MR) is 64.9 cm³/mol. The van der Waals surface area contributed by atoms with Crippen LogP contribution < -0.4 is 14.8 Å². The molecular weight excluding hydrogens is 222 g/mol. The van der Waals surface area contributed by atoms with E-state index in [4.69, 9.17) is 14.6 Å². The molecule has 1 rings (SSSR count). The van der Waals surface area contributed by atoms with Gasteiger partial charge in [0.2, 0.25) is 0 Å². The first kappa shape index (κ1) is 13.2. The molecule has 0 aliphatic carbocycles. The Hall–Kier alpha value is -1.91. The Kier molecular flexibility index (Phi) is 5.13. The van der Waals surface area contributed by atoms with E-state index < -0.39 is 5.97 Å². The number of rotatable bonds is 7. The number of carbonyl (C=O) groups is 1. The van der Waals surface area contributed by atoms with Crippen LogP contribution in [0, 0.1) is 0 Å². The summed E-state index contributed by atoms with van der Waals surface area (Å²) in [5, 5.41) is 11.6. The lowest BCUT2D eigenvalue weighted by Gasteiger charge is -2.11. The predicted octanol–water partition coefficient (Wildman–Crippen LogP) is 1.98. The molecule has 0 radical (unpaired) electrons. The molecule has 2 N–H and O–H groups in total. The van der Waals surface area contributed by atoms with Crippen molar-refractivity contribution in [1.82, 2.24) is 0 Å². The number of anilines is 1. The van der Waals surface area contributed by atoms with Crippen molar-refractivity contribution >= 4 is 11.7 Å². The molecule has 0 aliphatic rings. The van der Waals surface area contributed by atoms with Gasteiger partial charge in [-0.1, -0.05) is 0 Å². The van der Waals surface area contributed by atoms with Crippen LogP contribution in [0.3, 0.4) is 0 Å². The Labute approximate surface area is 100 Å². The van der Waals surface area contributed by atoms with Crippen LogP contribution >= 0.6 is 0 Å². The van der Waals surface area contributed by atoms with Gasteiger partial charge in [0.15, 0.2) is 0 Å². The van der Waals surface area contributed by atoms with Crippen LogP contribution in [0.25, 0.3) is 0 Å². The number of carboxylic acid groups (broad SMARTS) is 1. The highest BCUT2D eigenvalue weighted by molar-refractivity contribution is 5.66. The third kappa shape index (κ3) is 4.22. The van der Waals surface area contributed by atoms with Crippen molar-refractivity contribution in [3.63, 3.8) is 0 Å². The minimum absolute atomic E-state index is 0.158. The topological polar surface area (TPSA) is 67.8 Å². The van der Waals surface area contributed by atoms with Gasteiger partial charge in [0.05, 0.1) is 19.9 Å². The molecule has 0 saturated heterocycles. The molecule has 0 atom stereocenters. The number of ether oxygens (including phenoxy) is 2. The average molecular weight is 239 g/mol. The molecule has 0 bridgehead atoms. The normalized spacial score (nSPS) is 9.76. The Morgan fingerprint density at radius 3 is 2.71 bits per heavy atom. The second-order valence-electron chi connectivity index (χ2n) is 3.49. The largest absolute Gasteiger partial charge is 0.497 e. The van der Waals surface area contributed by atoms with E-state index in [1.165, 1.54) is 0 Å². The van der Waals surface area contributed by atoms with Gasteiger partial charge in [-0.2, -0.15) is 0 Å². The van der Waals surface area contributed by atoms with Gasteiger partial charge >= 0.3 is 5.97 Å². The Balaban J connectivity index is 2.55. The highest BCUT2D eigenvalue weighted by Gasteiger charge is 2.04. The van der Waals surface area contributed by atoms with Gasteiger partial charge in [-0.15, -0.1) is 0 Å². The van der Waals surface area contributed by atoms with Crippen molar-refractivity contribution in [1.29, 1.82) is 0 Å². The zero-order valence-corrected chi connectivity index (χ0v) is 10.0. The molecule has 0 heterocycles. The van der Waals surface area contributed by atoms with Crippen LogP contribution in [0.15, 0.2) is 18.2 Å². The Bertz CT molecular complexity index is 379. The quantitative estimate of drug-likeness (QED) is 0.712. The van der Waals surface area contributed by atoms with Crippen LogP contribution in [0.4, 0.5) is 5.69 Å². The summed E-state index contributed by atoms with van der Waals surface area (Å²) in [4.78, 5) is 10.3. The summed E-state index contributed by atoms with van der Waals surface area (Å²) >= 11 is 0. The van der Waals surface area contributed by atoms with Crippen LogP contribution in [0.5, 0.6) is 11.5 Å². The monoisotopic (exact) mass is 239 g/mol. The summed E-state index contributed by atoms with van der Waals surface area (Å²) in [6, 6.07) is 5.44. The number of methoxy groups -OCH3 is 2. The number of hydrogen-bond acceptors (Lipinski definition) is 4. The summed E-state index contributed by atoms with van der Waals surface area (Å²) in [5.41, 5.74) is 0.832. The smallest absolute Gasteiger partial charge is 0.303 e.